The molecule has 2 N–H and O–H groups in total. The number of carboxylic acid groups (broad SMARTS) is 1. The summed E-state index contributed by atoms with van der Waals surface area (Å²) in [5.41, 5.74) is -0.0640. The minimum absolute atomic E-state index is 0.0359. The summed E-state index contributed by atoms with van der Waals surface area (Å²) in [7, 11) is 0. The Morgan fingerprint density at radius 3 is 2.37 bits per heavy atom. The van der Waals surface area contributed by atoms with Crippen molar-refractivity contribution in [2.45, 2.75) is 46.1 Å². The van der Waals surface area contributed by atoms with Gasteiger partial charge in [0, 0.05) is 37.2 Å². The normalized spacial score (nSPS) is 13.8. The van der Waals surface area contributed by atoms with Gasteiger partial charge in [-0.1, -0.05) is 26.8 Å². The van der Waals surface area contributed by atoms with Crippen LogP contribution < -0.4 is 10.2 Å². The van der Waals surface area contributed by atoms with Gasteiger partial charge >= 0.3 is 5.97 Å². The predicted octanol–water partition coefficient (Wildman–Crippen LogP) is 6.46. The van der Waals surface area contributed by atoms with E-state index in [4.69, 9.17) is 5.11 Å². The van der Waals surface area contributed by atoms with E-state index >= 15 is 4.39 Å². The van der Waals surface area contributed by atoms with Crippen molar-refractivity contribution in [2.75, 3.05) is 23.3 Å². The molecule has 0 amide bonds. The van der Waals surface area contributed by atoms with Crippen LogP contribution in [-0.2, 0) is 0 Å². The molecule has 0 radical (unpaired) electrons. The van der Waals surface area contributed by atoms with Crippen LogP contribution in [0.2, 0.25) is 0 Å². The lowest BCUT2D eigenvalue weighted by Gasteiger charge is -2.33. The molecule has 1 aliphatic rings. The van der Waals surface area contributed by atoms with Crippen LogP contribution in [0.15, 0.2) is 48.4 Å². The number of anilines is 2. The lowest BCUT2D eigenvalue weighted by Crippen LogP contribution is -2.35. The van der Waals surface area contributed by atoms with E-state index in [0.29, 0.717) is 37.7 Å². The van der Waals surface area contributed by atoms with E-state index in [9.17, 15) is 13.6 Å². The first-order chi connectivity index (χ1) is 18.2. The summed E-state index contributed by atoms with van der Waals surface area (Å²) in [5, 5.41) is 11.7. The quantitative estimate of drug-likeness (QED) is 0.342. The number of aromatic nitrogens is 3. The first-order valence-electron chi connectivity index (χ1n) is 12.3. The van der Waals surface area contributed by atoms with E-state index in [1.165, 1.54) is 31.0 Å². The van der Waals surface area contributed by atoms with E-state index in [1.54, 1.807) is 11.5 Å². The number of aromatic carboxylic acids is 1. The third-order valence-corrected chi connectivity index (χ3v) is 5.76. The maximum Gasteiger partial charge on any atom is 0.335 e. The number of nitrogens with zero attached hydrogens (tertiary/aromatic N) is 5. The van der Waals surface area contributed by atoms with E-state index in [0.717, 1.165) is 18.5 Å². The number of piperidine rings is 1. The molecule has 0 aliphatic carbocycles. The number of rotatable bonds is 7. The minimum atomic E-state index is -1.26. The number of carbonyl (C=O) groups is 1. The fourth-order valence-electron chi connectivity index (χ4n) is 4.08. The molecule has 1 fully saturated rings. The molecule has 0 spiro atoms. The van der Waals surface area contributed by atoms with Crippen molar-refractivity contribution in [1.29, 1.82) is 0 Å². The number of halogens is 3. The van der Waals surface area contributed by atoms with Crippen LogP contribution in [0.1, 0.15) is 62.0 Å². The van der Waals surface area contributed by atoms with E-state index in [2.05, 4.69) is 40.7 Å². The van der Waals surface area contributed by atoms with Gasteiger partial charge in [0.05, 0.1) is 29.2 Å². The molecule has 2 aromatic heterocycles. The molecular weight excluding hydrogens is 497 g/mol. The first-order valence-corrected chi connectivity index (χ1v) is 12.3. The van der Waals surface area contributed by atoms with Crippen molar-refractivity contribution in [2.24, 2.45) is 4.99 Å². The summed E-state index contributed by atoms with van der Waals surface area (Å²) < 4.78 is 44.4. The van der Waals surface area contributed by atoms with Gasteiger partial charge in [-0.25, -0.2) is 32.9 Å². The van der Waals surface area contributed by atoms with Crippen molar-refractivity contribution >= 4 is 35.3 Å². The molecule has 0 bridgehead atoms. The van der Waals surface area contributed by atoms with Crippen LogP contribution in [0.3, 0.4) is 0 Å². The Morgan fingerprint density at radius 2 is 1.82 bits per heavy atom. The summed E-state index contributed by atoms with van der Waals surface area (Å²) >= 11 is 0. The number of benzene rings is 1. The van der Waals surface area contributed by atoms with Crippen molar-refractivity contribution in [3.8, 4) is 0 Å². The number of carboxylic acids is 1. The highest BCUT2D eigenvalue weighted by Crippen LogP contribution is 2.37. The number of nitrogens with one attached hydrogen (secondary N) is 1. The zero-order valence-electron chi connectivity index (χ0n) is 21.6. The Kier molecular flexibility index (Phi) is 9.64. The highest BCUT2D eigenvalue weighted by molar-refractivity contribution is 5.89. The Hall–Kier alpha value is -4.15. The Labute approximate surface area is 219 Å². The molecule has 1 aliphatic heterocycles. The molecule has 0 unspecified atom stereocenters. The van der Waals surface area contributed by atoms with Gasteiger partial charge in [0.25, 0.3) is 0 Å². The van der Waals surface area contributed by atoms with E-state index in [-0.39, 0.29) is 28.6 Å². The second-order valence-electron chi connectivity index (χ2n) is 8.70. The molecule has 8 nitrogen and oxygen atoms in total. The van der Waals surface area contributed by atoms with Crippen LogP contribution in [0.25, 0.3) is 5.70 Å². The Balaban J connectivity index is 0.00000127. The fourth-order valence-corrected chi connectivity index (χ4v) is 4.08. The molecular formula is C27H31F3N6O2. The fraction of sp³-hybridized carbons (Fsp3) is 0.333. The number of hydrogen-bond donors (Lipinski definition) is 2. The van der Waals surface area contributed by atoms with E-state index in [1.807, 2.05) is 4.90 Å². The van der Waals surface area contributed by atoms with Gasteiger partial charge in [-0.05, 0) is 38.0 Å². The van der Waals surface area contributed by atoms with Crippen LogP contribution in [0.4, 0.5) is 30.6 Å². The number of aliphatic imine (C=N–C) groups is 1. The molecule has 202 valence electrons. The van der Waals surface area contributed by atoms with Crippen LogP contribution >= 0.6 is 0 Å². The third kappa shape index (κ3) is 6.58. The largest absolute Gasteiger partial charge is 0.478 e. The molecule has 3 aromatic rings. The zero-order chi connectivity index (χ0) is 27.8. The molecule has 1 saturated heterocycles. The standard InChI is InChI=1S/C24H23F3N6O2.C3H8/c1-3-28-22-21(14(2)31-20-5-4-15(23(34)35)10-18(20)26)19(27)13-33(22)17-6-8-32(9-7-17)24-29-11-16(25)12-30-24;1-3-2/h3-5,10-13,17,31H,2,6-9H2,1H3,(H,34,35);3H2,1-2H3/b28-3-;. The lowest BCUT2D eigenvalue weighted by atomic mass is 10.1. The highest BCUT2D eigenvalue weighted by Gasteiger charge is 2.27. The molecule has 3 heterocycles. The van der Waals surface area contributed by atoms with Gasteiger partial charge in [0.2, 0.25) is 5.95 Å². The summed E-state index contributed by atoms with van der Waals surface area (Å²) in [6.45, 7) is 11.0. The maximum atomic E-state index is 15.1. The first kappa shape index (κ1) is 28.4. The van der Waals surface area contributed by atoms with Gasteiger partial charge in [0.15, 0.2) is 11.6 Å². The van der Waals surface area contributed by atoms with Gasteiger partial charge in [-0.2, -0.15) is 0 Å². The average molecular weight is 529 g/mol. The smallest absolute Gasteiger partial charge is 0.335 e. The summed E-state index contributed by atoms with van der Waals surface area (Å²) in [5.74, 6) is -2.37. The van der Waals surface area contributed by atoms with Crippen LogP contribution in [0, 0.1) is 17.5 Å². The van der Waals surface area contributed by atoms with Crippen LogP contribution in [0.5, 0.6) is 0 Å². The second-order valence-corrected chi connectivity index (χ2v) is 8.70. The predicted molar refractivity (Wildman–Crippen MR) is 143 cm³/mol. The molecule has 1 aromatic carbocycles. The molecule has 4 rings (SSSR count). The Morgan fingerprint density at radius 1 is 1.18 bits per heavy atom. The van der Waals surface area contributed by atoms with Gasteiger partial charge in [0.1, 0.15) is 11.6 Å². The third-order valence-electron chi connectivity index (χ3n) is 5.76. The van der Waals surface area contributed by atoms with Crippen molar-refractivity contribution in [3.63, 3.8) is 0 Å². The number of hydrogen-bond acceptors (Lipinski definition) is 6. The molecule has 0 saturated carbocycles. The average Bonchev–Trinajstić information content (AvgIpc) is 3.22. The molecule has 11 heteroatoms. The summed E-state index contributed by atoms with van der Waals surface area (Å²) in [4.78, 5) is 25.4. The van der Waals surface area contributed by atoms with Crippen molar-refractivity contribution in [3.05, 3.63) is 71.9 Å². The summed E-state index contributed by atoms with van der Waals surface area (Å²) in [6, 6.07) is 3.30. The Bertz CT molecular complexity index is 1300. The van der Waals surface area contributed by atoms with Crippen LogP contribution in [-0.4, -0.2) is 44.9 Å². The highest BCUT2D eigenvalue weighted by atomic mass is 19.1. The summed E-state index contributed by atoms with van der Waals surface area (Å²) in [6.07, 6.45) is 7.66. The topological polar surface area (TPSA) is 95.6 Å². The van der Waals surface area contributed by atoms with E-state index < -0.39 is 23.4 Å². The van der Waals surface area contributed by atoms with Gasteiger partial charge in [-0.15, -0.1) is 0 Å². The molecule has 38 heavy (non-hydrogen) atoms. The SMILES string of the molecule is C=C(Nc1ccc(C(=O)O)cc1F)c1c(F)cn(C2CCN(c3ncc(F)cn3)CC2)c1/N=C\C.CCC. The second kappa shape index (κ2) is 12.9. The maximum absolute atomic E-state index is 15.1. The van der Waals surface area contributed by atoms with Crippen molar-refractivity contribution < 1.29 is 23.1 Å². The minimum Gasteiger partial charge on any atom is -0.478 e. The lowest BCUT2D eigenvalue weighted by molar-refractivity contribution is 0.0696. The monoisotopic (exact) mass is 528 g/mol. The van der Waals surface area contributed by atoms with Crippen molar-refractivity contribution in [1.82, 2.24) is 14.5 Å². The zero-order valence-corrected chi connectivity index (χ0v) is 21.6. The van der Waals surface area contributed by atoms with Gasteiger partial charge < -0.3 is 19.9 Å². The molecule has 0 atom stereocenters. The van der Waals surface area contributed by atoms with Gasteiger partial charge in [-0.3, -0.25) is 0 Å².